The molecule has 0 aliphatic heterocycles. The highest BCUT2D eigenvalue weighted by atomic mass is 35.5. The average molecular weight is 488 g/mol. The SMILES string of the molecule is Cc1nn(-c2ccc(Cl)cc2Cl)c(C)c1CC(=O)NCc1cccc(NC(=O)CN(C)C)c1. The molecule has 3 aromatic rings. The lowest BCUT2D eigenvalue weighted by Crippen LogP contribution is -2.27. The molecule has 2 amide bonds. The number of amides is 2. The van der Waals surface area contributed by atoms with Crippen LogP contribution in [0.15, 0.2) is 42.5 Å². The maximum Gasteiger partial charge on any atom is 0.238 e. The fourth-order valence-corrected chi connectivity index (χ4v) is 3.98. The Labute approximate surface area is 203 Å². The first-order valence-electron chi connectivity index (χ1n) is 10.4. The maximum absolute atomic E-state index is 12.7. The number of aryl methyl sites for hydroxylation is 1. The van der Waals surface area contributed by atoms with Crippen molar-refractivity contribution in [2.75, 3.05) is 26.0 Å². The second-order valence-electron chi connectivity index (χ2n) is 8.10. The van der Waals surface area contributed by atoms with Gasteiger partial charge in [-0.15, -0.1) is 0 Å². The number of rotatable bonds is 8. The topological polar surface area (TPSA) is 79.3 Å². The summed E-state index contributed by atoms with van der Waals surface area (Å²) in [5.74, 6) is -0.213. The molecule has 1 aromatic heterocycles. The second-order valence-corrected chi connectivity index (χ2v) is 8.94. The lowest BCUT2D eigenvalue weighted by molar-refractivity contribution is -0.120. The van der Waals surface area contributed by atoms with Crippen molar-refractivity contribution >= 4 is 40.7 Å². The average Bonchev–Trinajstić information content (AvgIpc) is 3.00. The van der Waals surface area contributed by atoms with Crippen molar-refractivity contribution in [3.63, 3.8) is 0 Å². The van der Waals surface area contributed by atoms with E-state index >= 15 is 0 Å². The molecule has 0 bridgehead atoms. The van der Waals surface area contributed by atoms with Gasteiger partial charge in [-0.1, -0.05) is 35.3 Å². The number of carbonyl (C=O) groups excluding carboxylic acids is 2. The number of anilines is 1. The van der Waals surface area contributed by atoms with Crippen molar-refractivity contribution in [2.45, 2.75) is 26.8 Å². The van der Waals surface area contributed by atoms with Crippen LogP contribution in [0.3, 0.4) is 0 Å². The number of carbonyl (C=O) groups is 2. The number of nitrogens with one attached hydrogen (secondary N) is 2. The van der Waals surface area contributed by atoms with Crippen molar-refractivity contribution in [3.05, 3.63) is 75.0 Å². The minimum atomic E-state index is -0.120. The summed E-state index contributed by atoms with van der Waals surface area (Å²) in [6.07, 6.45) is 0.197. The molecule has 0 unspecified atom stereocenters. The van der Waals surface area contributed by atoms with E-state index in [1.807, 2.05) is 52.2 Å². The first kappa shape index (κ1) is 24.8. The van der Waals surface area contributed by atoms with Gasteiger partial charge in [0.1, 0.15) is 0 Å². The Morgan fingerprint density at radius 2 is 1.82 bits per heavy atom. The Balaban J connectivity index is 1.64. The van der Waals surface area contributed by atoms with Gasteiger partial charge in [-0.05, 0) is 63.8 Å². The zero-order valence-corrected chi connectivity index (χ0v) is 20.6. The summed E-state index contributed by atoms with van der Waals surface area (Å²) in [5, 5.41) is 11.4. The van der Waals surface area contributed by atoms with Crippen LogP contribution in [0.1, 0.15) is 22.5 Å². The van der Waals surface area contributed by atoms with E-state index in [0.29, 0.717) is 34.5 Å². The monoisotopic (exact) mass is 487 g/mol. The molecule has 0 aliphatic carbocycles. The predicted octanol–water partition coefficient (Wildman–Crippen LogP) is 4.15. The zero-order chi connectivity index (χ0) is 24.1. The number of aromatic nitrogens is 2. The van der Waals surface area contributed by atoms with Gasteiger partial charge in [0, 0.05) is 28.5 Å². The maximum atomic E-state index is 12.7. The van der Waals surface area contributed by atoms with Crippen molar-refractivity contribution in [3.8, 4) is 5.69 Å². The Morgan fingerprint density at radius 1 is 1.06 bits per heavy atom. The summed E-state index contributed by atoms with van der Waals surface area (Å²) in [7, 11) is 3.67. The van der Waals surface area contributed by atoms with Crippen LogP contribution in [0.5, 0.6) is 0 Å². The van der Waals surface area contributed by atoms with Gasteiger partial charge in [0.05, 0.1) is 29.4 Å². The Morgan fingerprint density at radius 3 is 2.52 bits per heavy atom. The van der Waals surface area contributed by atoms with Gasteiger partial charge in [-0.3, -0.25) is 9.59 Å². The Hall–Kier alpha value is -2.87. The Kier molecular flexibility index (Phi) is 8.13. The molecule has 3 rings (SSSR count). The van der Waals surface area contributed by atoms with Crippen LogP contribution < -0.4 is 10.6 Å². The van der Waals surface area contributed by atoms with Crippen LogP contribution in [0.2, 0.25) is 10.0 Å². The summed E-state index contributed by atoms with van der Waals surface area (Å²) in [5.41, 5.74) is 4.76. The van der Waals surface area contributed by atoms with E-state index in [-0.39, 0.29) is 18.2 Å². The van der Waals surface area contributed by atoms with E-state index < -0.39 is 0 Å². The summed E-state index contributed by atoms with van der Waals surface area (Å²) in [6.45, 7) is 4.43. The van der Waals surface area contributed by atoms with E-state index in [1.165, 1.54) is 0 Å². The first-order chi connectivity index (χ1) is 15.6. The lowest BCUT2D eigenvalue weighted by Gasteiger charge is -2.11. The van der Waals surface area contributed by atoms with Gasteiger partial charge in [-0.2, -0.15) is 5.10 Å². The molecular formula is C24H27Cl2N5O2. The molecule has 174 valence electrons. The molecule has 9 heteroatoms. The van der Waals surface area contributed by atoms with Crippen LogP contribution in [0.25, 0.3) is 5.69 Å². The van der Waals surface area contributed by atoms with Crippen molar-refractivity contribution in [2.24, 2.45) is 0 Å². The standard InChI is InChI=1S/C24H27Cl2N5O2/c1-15-20(16(2)31(29-15)22-9-8-18(25)11-21(22)26)12-23(32)27-13-17-6-5-7-19(10-17)28-24(33)14-30(3)4/h5-11H,12-14H2,1-4H3,(H,27,32)(H,28,33). The normalized spacial score (nSPS) is 11.0. The summed E-state index contributed by atoms with van der Waals surface area (Å²) in [6, 6.07) is 12.6. The van der Waals surface area contributed by atoms with Gasteiger partial charge >= 0.3 is 0 Å². The number of hydrogen-bond acceptors (Lipinski definition) is 4. The van der Waals surface area contributed by atoms with Crippen LogP contribution in [-0.2, 0) is 22.6 Å². The third-order valence-electron chi connectivity index (χ3n) is 5.08. The van der Waals surface area contributed by atoms with E-state index in [9.17, 15) is 9.59 Å². The van der Waals surface area contributed by atoms with Gasteiger partial charge in [0.15, 0.2) is 0 Å². The number of nitrogens with zero attached hydrogens (tertiary/aromatic N) is 3. The van der Waals surface area contributed by atoms with Gasteiger partial charge in [0.2, 0.25) is 11.8 Å². The van der Waals surface area contributed by atoms with Crippen LogP contribution in [0, 0.1) is 13.8 Å². The van der Waals surface area contributed by atoms with Crippen molar-refractivity contribution < 1.29 is 9.59 Å². The molecule has 7 nitrogen and oxygen atoms in total. The number of benzene rings is 2. The van der Waals surface area contributed by atoms with Crippen LogP contribution in [0.4, 0.5) is 5.69 Å². The molecule has 0 atom stereocenters. The molecule has 33 heavy (non-hydrogen) atoms. The second kappa shape index (κ2) is 10.8. The highest BCUT2D eigenvalue weighted by Gasteiger charge is 2.17. The molecular weight excluding hydrogens is 461 g/mol. The van der Waals surface area contributed by atoms with E-state index in [0.717, 1.165) is 22.5 Å². The molecule has 2 N–H and O–H groups in total. The van der Waals surface area contributed by atoms with Gasteiger partial charge in [0.25, 0.3) is 0 Å². The lowest BCUT2D eigenvalue weighted by atomic mass is 10.1. The molecule has 0 radical (unpaired) electrons. The summed E-state index contributed by atoms with van der Waals surface area (Å²) >= 11 is 12.3. The minimum absolute atomic E-state index is 0.0926. The number of likely N-dealkylation sites (N-methyl/N-ethyl adjacent to an activating group) is 1. The molecule has 0 saturated carbocycles. The largest absolute Gasteiger partial charge is 0.352 e. The van der Waals surface area contributed by atoms with Crippen LogP contribution in [-0.4, -0.2) is 47.1 Å². The highest BCUT2D eigenvalue weighted by molar-refractivity contribution is 6.35. The minimum Gasteiger partial charge on any atom is -0.352 e. The third-order valence-corrected chi connectivity index (χ3v) is 5.61. The molecule has 0 fully saturated rings. The van der Waals surface area contributed by atoms with E-state index in [4.69, 9.17) is 23.2 Å². The first-order valence-corrected chi connectivity index (χ1v) is 11.2. The zero-order valence-electron chi connectivity index (χ0n) is 19.1. The van der Waals surface area contributed by atoms with E-state index in [2.05, 4.69) is 15.7 Å². The van der Waals surface area contributed by atoms with Crippen LogP contribution >= 0.6 is 23.2 Å². The summed E-state index contributed by atoms with van der Waals surface area (Å²) in [4.78, 5) is 26.4. The quantitative estimate of drug-likeness (QED) is 0.499. The highest BCUT2D eigenvalue weighted by Crippen LogP contribution is 2.27. The Bertz CT molecular complexity index is 1170. The molecule has 0 spiro atoms. The smallest absolute Gasteiger partial charge is 0.238 e. The van der Waals surface area contributed by atoms with E-state index in [1.54, 1.807) is 27.8 Å². The molecule has 2 aromatic carbocycles. The predicted molar refractivity (Wildman–Crippen MR) is 132 cm³/mol. The fourth-order valence-electron chi connectivity index (χ4n) is 3.49. The molecule has 0 saturated heterocycles. The van der Waals surface area contributed by atoms with Gasteiger partial charge in [-0.25, -0.2) is 4.68 Å². The van der Waals surface area contributed by atoms with Crippen molar-refractivity contribution in [1.82, 2.24) is 20.0 Å². The molecule has 1 heterocycles. The fraction of sp³-hybridized carbons (Fsp3) is 0.292. The summed E-state index contributed by atoms with van der Waals surface area (Å²) < 4.78 is 1.73. The number of halogens is 2. The van der Waals surface area contributed by atoms with Gasteiger partial charge < -0.3 is 15.5 Å². The number of hydrogen-bond donors (Lipinski definition) is 2. The third kappa shape index (κ3) is 6.57. The van der Waals surface area contributed by atoms with Crippen molar-refractivity contribution in [1.29, 1.82) is 0 Å². The molecule has 0 aliphatic rings.